The summed E-state index contributed by atoms with van der Waals surface area (Å²) in [6.07, 6.45) is -16.3. The fraction of sp³-hybridized carbons (Fsp3) is 0.827. The number of allylic oxidation sites excluding steroid dienone is 2. The summed E-state index contributed by atoms with van der Waals surface area (Å²) >= 11 is 0. The number of esters is 4. The van der Waals surface area contributed by atoms with Gasteiger partial charge in [0.2, 0.25) is 0 Å². The van der Waals surface area contributed by atoms with E-state index in [1.807, 2.05) is 27.7 Å². The lowest BCUT2D eigenvalue weighted by molar-refractivity contribution is -0.358. The smallest absolute Gasteiger partial charge is 0.335 e. The molecule has 21 heteroatoms. The van der Waals surface area contributed by atoms with Crippen molar-refractivity contribution in [2.75, 3.05) is 19.8 Å². The molecule has 412 valence electrons. The molecule has 4 saturated carbocycles. The van der Waals surface area contributed by atoms with Crippen molar-refractivity contribution in [3.05, 3.63) is 23.3 Å². The van der Waals surface area contributed by atoms with Crippen molar-refractivity contribution in [3.63, 3.8) is 0 Å². The Balaban J connectivity index is 1.29. The fourth-order valence-electron chi connectivity index (χ4n) is 15.2. The second-order valence-electron chi connectivity index (χ2n) is 23.5. The van der Waals surface area contributed by atoms with Crippen molar-refractivity contribution in [2.45, 2.75) is 201 Å². The summed E-state index contributed by atoms with van der Waals surface area (Å²) in [4.78, 5) is 66.4. The summed E-state index contributed by atoms with van der Waals surface area (Å²) in [6, 6.07) is 0. The van der Waals surface area contributed by atoms with Crippen LogP contribution in [0.5, 0.6) is 0 Å². The number of aliphatic hydroxyl groups is 7. The van der Waals surface area contributed by atoms with Gasteiger partial charge in [0.15, 0.2) is 30.9 Å². The van der Waals surface area contributed by atoms with E-state index in [4.69, 9.17) is 37.9 Å². The van der Waals surface area contributed by atoms with Crippen LogP contribution in [0, 0.1) is 50.2 Å². The third-order valence-corrected chi connectivity index (χ3v) is 19.2. The molecule has 21 nitrogen and oxygen atoms in total. The normalized spacial score (nSPS) is 47.2. The van der Waals surface area contributed by atoms with Crippen LogP contribution in [-0.4, -0.2) is 176 Å². The number of carbonyl (C=O) groups is 5. The van der Waals surface area contributed by atoms with Crippen LogP contribution in [0.3, 0.4) is 0 Å². The molecule has 6 fully saturated rings. The van der Waals surface area contributed by atoms with E-state index in [2.05, 4.69) is 19.9 Å². The minimum absolute atomic E-state index is 0.232. The second-order valence-corrected chi connectivity index (χ2v) is 23.5. The zero-order chi connectivity index (χ0) is 54.3. The zero-order valence-electron chi connectivity index (χ0n) is 43.7. The lowest BCUT2D eigenvalue weighted by Gasteiger charge is -2.73. The van der Waals surface area contributed by atoms with E-state index in [-0.39, 0.29) is 30.3 Å². The second kappa shape index (κ2) is 20.4. The third kappa shape index (κ3) is 9.06. The molecule has 2 saturated heterocycles. The van der Waals surface area contributed by atoms with Crippen LogP contribution in [0.1, 0.15) is 115 Å². The minimum atomic E-state index is -2.01. The largest absolute Gasteiger partial charge is 0.479 e. The molecule has 2 heterocycles. The van der Waals surface area contributed by atoms with E-state index >= 15 is 0 Å². The molecular formula is C52H78O21. The highest BCUT2D eigenvalue weighted by Crippen LogP contribution is 2.77. The molecule has 7 rings (SSSR count). The maximum absolute atomic E-state index is 13.9. The number of fused-ring (bicyclic) bond motifs is 7. The first kappa shape index (κ1) is 57.1. The van der Waals surface area contributed by atoms with Crippen molar-refractivity contribution in [1.29, 1.82) is 0 Å². The van der Waals surface area contributed by atoms with Gasteiger partial charge in [-0.25, -0.2) is 9.59 Å². The molecule has 0 amide bonds. The van der Waals surface area contributed by atoms with Crippen molar-refractivity contribution in [1.82, 2.24) is 0 Å². The van der Waals surface area contributed by atoms with Gasteiger partial charge in [0, 0.05) is 42.6 Å². The highest BCUT2D eigenvalue weighted by molar-refractivity contribution is 5.88. The lowest BCUT2D eigenvalue weighted by Crippen LogP contribution is -2.77. The highest BCUT2D eigenvalue weighted by Gasteiger charge is 2.78. The molecule has 0 radical (unpaired) electrons. The molecule has 8 N–H and O–H groups in total. The van der Waals surface area contributed by atoms with Crippen LogP contribution < -0.4 is 0 Å². The first-order chi connectivity index (χ1) is 34.0. The van der Waals surface area contributed by atoms with Gasteiger partial charge in [-0.05, 0) is 81.0 Å². The van der Waals surface area contributed by atoms with Gasteiger partial charge in [-0.2, -0.15) is 0 Å². The molecule has 73 heavy (non-hydrogen) atoms. The van der Waals surface area contributed by atoms with E-state index < -0.39 is 174 Å². The van der Waals surface area contributed by atoms with Crippen LogP contribution in [0.4, 0.5) is 0 Å². The Kier molecular flexibility index (Phi) is 16.0. The summed E-state index contributed by atoms with van der Waals surface area (Å²) in [6.45, 7) is 17.2. The van der Waals surface area contributed by atoms with Gasteiger partial charge < -0.3 is 78.7 Å². The van der Waals surface area contributed by atoms with Crippen LogP contribution in [0.15, 0.2) is 23.3 Å². The molecule has 2 aliphatic heterocycles. The van der Waals surface area contributed by atoms with Gasteiger partial charge >= 0.3 is 29.8 Å². The average molecular weight is 1040 g/mol. The number of aliphatic hydroxyl groups excluding tert-OH is 7. The number of ether oxygens (including phenoxy) is 8. The number of aliphatic carboxylic acids is 1. The first-order valence-electron chi connectivity index (χ1n) is 25.5. The van der Waals surface area contributed by atoms with Gasteiger partial charge in [-0.3, -0.25) is 14.4 Å². The van der Waals surface area contributed by atoms with Gasteiger partial charge in [0.25, 0.3) is 0 Å². The van der Waals surface area contributed by atoms with Gasteiger partial charge in [0.1, 0.15) is 48.8 Å². The molecule has 0 aromatic carbocycles. The Hall–Kier alpha value is -3.61. The van der Waals surface area contributed by atoms with E-state index in [9.17, 15) is 64.8 Å². The van der Waals surface area contributed by atoms with Crippen LogP contribution in [0.25, 0.3) is 0 Å². The standard InChI is InChI=1S/C52H78O21/c1-12-23(2)44(65)73-41-39(67-24(3)55)47(6,7)19-28-27-13-14-31-48(8)17-16-32(70-46-36(62)37(35(61)38(72-46)43(63)64)71-45-34(60)33(59)29(58)20-66-45)49(9,21-53)30(48)15-18-50(31,10)51(27,11)40(68-25(4)56)42(69-26(5)57)52(28,41)22-54/h12-13,28-42,45-46,53-54,58-62H,14-22H2,1-11H3,(H,63,64). The molecule has 22 unspecified atom stereocenters. The molecule has 0 bridgehead atoms. The van der Waals surface area contributed by atoms with Crippen LogP contribution >= 0.6 is 0 Å². The summed E-state index contributed by atoms with van der Waals surface area (Å²) in [7, 11) is 0. The Bertz CT molecular complexity index is 2200. The molecule has 22 atom stereocenters. The van der Waals surface area contributed by atoms with E-state index in [0.29, 0.717) is 25.7 Å². The first-order valence-corrected chi connectivity index (χ1v) is 25.5. The van der Waals surface area contributed by atoms with E-state index in [1.54, 1.807) is 19.9 Å². The minimum Gasteiger partial charge on any atom is -0.479 e. The quantitative estimate of drug-likeness (QED) is 0.0453. The Morgan fingerprint density at radius 2 is 1.32 bits per heavy atom. The van der Waals surface area contributed by atoms with Gasteiger partial charge in [-0.15, -0.1) is 0 Å². The maximum atomic E-state index is 13.9. The Labute approximate surface area is 425 Å². The predicted molar refractivity (Wildman–Crippen MR) is 251 cm³/mol. The number of carboxylic acid groups (broad SMARTS) is 1. The molecule has 0 aromatic rings. The van der Waals surface area contributed by atoms with Crippen LogP contribution in [0.2, 0.25) is 0 Å². The van der Waals surface area contributed by atoms with Crippen molar-refractivity contribution >= 4 is 29.8 Å². The number of carboxylic acids is 1. The highest BCUT2D eigenvalue weighted by atomic mass is 16.7. The average Bonchev–Trinajstić information content (AvgIpc) is 3.31. The molecule has 0 spiro atoms. The topological polar surface area (TPSA) is 321 Å². The SMILES string of the molecule is CC=C(C)C(=O)OC1C(OC(C)=O)C(C)(C)CC2C3=CCC4C5(C)CCC(OC6OC(C(=O)O)C(O)C(OC7OCC(O)C(O)C7O)C6O)C(C)(CO)C5CCC4(C)C3(C)C(OC(C)=O)C(OC(C)=O)C21CO. The Morgan fingerprint density at radius 1 is 0.712 bits per heavy atom. The summed E-state index contributed by atoms with van der Waals surface area (Å²) in [5.74, 6) is -5.74. The molecule has 7 aliphatic rings. The summed E-state index contributed by atoms with van der Waals surface area (Å²) in [5.41, 5.74) is -5.23. The van der Waals surface area contributed by atoms with Gasteiger partial charge in [0.05, 0.1) is 31.3 Å². The van der Waals surface area contributed by atoms with Crippen molar-refractivity contribution < 1.29 is 103 Å². The monoisotopic (exact) mass is 1040 g/mol. The number of hydrogen-bond donors (Lipinski definition) is 8. The molecular weight excluding hydrogens is 961 g/mol. The van der Waals surface area contributed by atoms with E-state index in [0.717, 1.165) is 5.57 Å². The fourth-order valence-corrected chi connectivity index (χ4v) is 15.2. The maximum Gasteiger partial charge on any atom is 0.335 e. The number of carbonyl (C=O) groups excluding carboxylic acids is 4. The lowest BCUT2D eigenvalue weighted by atomic mass is 9.32. The molecule has 0 aromatic heterocycles. The van der Waals surface area contributed by atoms with Crippen molar-refractivity contribution in [3.8, 4) is 0 Å². The number of hydrogen-bond acceptors (Lipinski definition) is 20. The third-order valence-electron chi connectivity index (χ3n) is 19.2. The predicted octanol–water partition coefficient (Wildman–Crippen LogP) is 1.61. The van der Waals surface area contributed by atoms with Crippen molar-refractivity contribution in [2.24, 2.45) is 50.2 Å². The summed E-state index contributed by atoms with van der Waals surface area (Å²) < 4.78 is 48.6. The Morgan fingerprint density at radius 3 is 1.89 bits per heavy atom. The summed E-state index contributed by atoms with van der Waals surface area (Å²) in [5, 5.41) is 87.4. The molecule has 5 aliphatic carbocycles. The zero-order valence-corrected chi connectivity index (χ0v) is 43.7. The van der Waals surface area contributed by atoms with E-state index in [1.165, 1.54) is 20.8 Å². The van der Waals surface area contributed by atoms with Gasteiger partial charge in [-0.1, -0.05) is 59.3 Å². The van der Waals surface area contributed by atoms with Crippen LogP contribution in [-0.2, 0) is 61.9 Å². The number of rotatable bonds is 12.